The lowest BCUT2D eigenvalue weighted by atomic mass is 10.1. The number of hydrogen-bond acceptors (Lipinski definition) is 5. The number of fused-ring (bicyclic) bond motifs is 1. The Kier molecular flexibility index (Phi) is 5.62. The Hall–Kier alpha value is -3.89. The Morgan fingerprint density at radius 2 is 1.94 bits per heavy atom. The largest absolute Gasteiger partial charge is 0.344 e. The molecule has 36 heavy (non-hydrogen) atoms. The van der Waals surface area contributed by atoms with Gasteiger partial charge in [0.1, 0.15) is 5.65 Å². The molecule has 1 saturated heterocycles. The van der Waals surface area contributed by atoms with Gasteiger partial charge in [-0.1, -0.05) is 30.3 Å². The Bertz CT molecular complexity index is 1530. The van der Waals surface area contributed by atoms with Crippen LogP contribution in [0, 0.1) is 0 Å². The van der Waals surface area contributed by atoms with Crippen molar-refractivity contribution in [3.05, 3.63) is 88.6 Å². The van der Waals surface area contributed by atoms with Gasteiger partial charge in [-0.25, -0.2) is 13.8 Å². The molecule has 1 aliphatic rings. The molecule has 182 valence electrons. The van der Waals surface area contributed by atoms with Gasteiger partial charge < -0.3 is 10.3 Å². The van der Waals surface area contributed by atoms with E-state index in [1.165, 1.54) is 0 Å². The molecule has 0 aliphatic carbocycles. The third-order valence-corrected chi connectivity index (χ3v) is 7.06. The van der Waals surface area contributed by atoms with Crippen LogP contribution in [-0.2, 0) is 13.1 Å². The van der Waals surface area contributed by atoms with Gasteiger partial charge in [0, 0.05) is 41.0 Å². The molecule has 5 aromatic rings. The van der Waals surface area contributed by atoms with Crippen molar-refractivity contribution in [2.45, 2.75) is 19.0 Å². The van der Waals surface area contributed by atoms with Crippen molar-refractivity contribution in [3.8, 4) is 11.1 Å². The molecule has 1 fully saturated rings. The molecule has 0 radical (unpaired) electrons. The molecular weight excluding hydrogens is 482 g/mol. The molecule has 7 nitrogen and oxygen atoms in total. The van der Waals surface area contributed by atoms with E-state index in [-0.39, 0.29) is 19.0 Å². The number of amides is 1. The zero-order valence-electron chi connectivity index (χ0n) is 19.1. The second-order valence-corrected chi connectivity index (χ2v) is 9.99. The summed E-state index contributed by atoms with van der Waals surface area (Å²) in [5.74, 6) is -2.82. The number of nitrogens with zero attached hydrogens (tertiary/aromatic N) is 4. The SMILES string of the molecule is O=C(Nc1c[nH]c2ncc(-c3csc(CN4CC(F)(F)C4)c3)cc12)c1cnn(Cc2ccccc2)c1. The zero-order valence-corrected chi connectivity index (χ0v) is 19.9. The van der Waals surface area contributed by atoms with Gasteiger partial charge in [0.25, 0.3) is 11.8 Å². The minimum absolute atomic E-state index is 0.189. The normalized spacial score (nSPS) is 15.2. The number of carbonyl (C=O) groups excluding carboxylic acids is 1. The highest BCUT2D eigenvalue weighted by molar-refractivity contribution is 7.10. The molecule has 0 atom stereocenters. The van der Waals surface area contributed by atoms with Crippen molar-refractivity contribution in [1.29, 1.82) is 0 Å². The lowest BCUT2D eigenvalue weighted by Crippen LogP contribution is -2.55. The molecule has 2 N–H and O–H groups in total. The molecule has 0 unspecified atom stereocenters. The third-order valence-electron chi connectivity index (χ3n) is 6.14. The van der Waals surface area contributed by atoms with Crippen LogP contribution in [0.25, 0.3) is 22.2 Å². The standard InChI is InChI=1S/C26H22F2N6OS/c27-26(28)15-33(16-26)13-21-6-19(14-36-21)18-7-22-23(10-30-24(22)29-8-18)32-25(35)20-9-31-34(12-20)11-17-4-2-1-3-5-17/h1-10,12,14H,11,13,15-16H2,(H,29,30)(H,32,35). The second-order valence-electron chi connectivity index (χ2n) is 8.99. The number of anilines is 1. The Morgan fingerprint density at radius 3 is 2.75 bits per heavy atom. The highest BCUT2D eigenvalue weighted by atomic mass is 32.1. The minimum Gasteiger partial charge on any atom is -0.344 e. The number of benzene rings is 1. The predicted molar refractivity (Wildman–Crippen MR) is 135 cm³/mol. The molecule has 0 bridgehead atoms. The number of pyridine rings is 1. The average Bonchev–Trinajstić information content (AvgIpc) is 3.59. The van der Waals surface area contributed by atoms with E-state index in [9.17, 15) is 13.6 Å². The van der Waals surface area contributed by atoms with E-state index >= 15 is 0 Å². The van der Waals surface area contributed by atoms with Crippen LogP contribution in [0.5, 0.6) is 0 Å². The van der Waals surface area contributed by atoms with Gasteiger partial charge >= 0.3 is 0 Å². The summed E-state index contributed by atoms with van der Waals surface area (Å²) >= 11 is 1.54. The van der Waals surface area contributed by atoms with Crippen LogP contribution in [0.4, 0.5) is 14.5 Å². The molecule has 1 aromatic carbocycles. The van der Waals surface area contributed by atoms with Crippen molar-refractivity contribution >= 4 is 34.0 Å². The maximum absolute atomic E-state index is 13.1. The van der Waals surface area contributed by atoms with E-state index in [0.29, 0.717) is 30.0 Å². The predicted octanol–water partition coefficient (Wildman–Crippen LogP) is 5.24. The number of aromatic amines is 1. The second kappa shape index (κ2) is 8.96. The van der Waals surface area contributed by atoms with E-state index in [0.717, 1.165) is 27.0 Å². The lowest BCUT2D eigenvalue weighted by Gasteiger charge is -2.38. The summed E-state index contributed by atoms with van der Waals surface area (Å²) in [7, 11) is 0. The van der Waals surface area contributed by atoms with Gasteiger partial charge in [-0.3, -0.25) is 14.4 Å². The third kappa shape index (κ3) is 4.65. The number of aromatic nitrogens is 4. The summed E-state index contributed by atoms with van der Waals surface area (Å²) in [4.78, 5) is 23.3. The monoisotopic (exact) mass is 504 g/mol. The topological polar surface area (TPSA) is 78.8 Å². The molecule has 0 spiro atoms. The quantitative estimate of drug-likeness (QED) is 0.318. The fourth-order valence-corrected chi connectivity index (χ4v) is 5.29. The van der Waals surface area contributed by atoms with Gasteiger partial charge in [0.2, 0.25) is 0 Å². The summed E-state index contributed by atoms with van der Waals surface area (Å²) < 4.78 is 28.0. The van der Waals surface area contributed by atoms with Crippen LogP contribution >= 0.6 is 11.3 Å². The van der Waals surface area contributed by atoms with Crippen LogP contribution in [0.15, 0.2) is 72.6 Å². The summed E-state index contributed by atoms with van der Waals surface area (Å²) in [6, 6.07) is 13.9. The first kappa shape index (κ1) is 22.6. The fraction of sp³-hybridized carbons (Fsp3) is 0.192. The number of nitrogens with one attached hydrogen (secondary N) is 2. The number of halogens is 2. The van der Waals surface area contributed by atoms with Gasteiger partial charge in [0.15, 0.2) is 0 Å². The molecular formula is C26H22F2N6OS. The van der Waals surface area contributed by atoms with Crippen LogP contribution in [0.1, 0.15) is 20.8 Å². The van der Waals surface area contributed by atoms with Gasteiger partial charge in [-0.05, 0) is 28.6 Å². The van der Waals surface area contributed by atoms with E-state index in [2.05, 4.69) is 20.4 Å². The van der Waals surface area contributed by atoms with Crippen molar-refractivity contribution in [2.24, 2.45) is 0 Å². The molecule has 5 heterocycles. The molecule has 1 amide bonds. The summed E-state index contributed by atoms with van der Waals surface area (Å²) in [6.45, 7) is 0.716. The number of alkyl halides is 2. The van der Waals surface area contributed by atoms with Crippen molar-refractivity contribution in [1.82, 2.24) is 24.6 Å². The highest BCUT2D eigenvalue weighted by Crippen LogP contribution is 2.33. The van der Waals surface area contributed by atoms with E-state index < -0.39 is 5.92 Å². The van der Waals surface area contributed by atoms with E-state index in [1.807, 2.05) is 47.8 Å². The van der Waals surface area contributed by atoms with Crippen LogP contribution in [0.2, 0.25) is 0 Å². The lowest BCUT2D eigenvalue weighted by molar-refractivity contribution is -0.133. The zero-order chi connectivity index (χ0) is 24.7. The number of hydrogen-bond donors (Lipinski definition) is 2. The molecule has 0 saturated carbocycles. The van der Waals surface area contributed by atoms with Crippen molar-refractivity contribution in [3.63, 3.8) is 0 Å². The van der Waals surface area contributed by atoms with Crippen molar-refractivity contribution < 1.29 is 13.6 Å². The number of likely N-dealkylation sites (tertiary alicyclic amines) is 1. The smallest absolute Gasteiger partial charge is 0.272 e. The van der Waals surface area contributed by atoms with E-state index in [1.54, 1.807) is 45.7 Å². The first-order valence-corrected chi connectivity index (χ1v) is 12.3. The first-order chi connectivity index (χ1) is 17.4. The number of rotatable bonds is 7. The Labute approximate surface area is 209 Å². The fourth-order valence-electron chi connectivity index (χ4n) is 4.35. The highest BCUT2D eigenvalue weighted by Gasteiger charge is 2.43. The minimum atomic E-state index is -2.56. The van der Waals surface area contributed by atoms with Crippen LogP contribution < -0.4 is 5.32 Å². The van der Waals surface area contributed by atoms with Crippen LogP contribution in [0.3, 0.4) is 0 Å². The number of thiophene rings is 1. The number of carbonyl (C=O) groups is 1. The van der Waals surface area contributed by atoms with Crippen molar-refractivity contribution in [2.75, 3.05) is 18.4 Å². The van der Waals surface area contributed by atoms with Gasteiger partial charge in [0.05, 0.1) is 37.1 Å². The van der Waals surface area contributed by atoms with Gasteiger partial charge in [-0.2, -0.15) is 5.10 Å². The summed E-state index contributed by atoms with van der Waals surface area (Å²) in [5.41, 5.74) is 4.71. The van der Waals surface area contributed by atoms with Crippen LogP contribution in [-0.4, -0.2) is 49.6 Å². The summed E-state index contributed by atoms with van der Waals surface area (Å²) in [6.07, 6.45) is 6.76. The molecule has 10 heteroatoms. The number of H-pyrrole nitrogens is 1. The van der Waals surface area contributed by atoms with E-state index in [4.69, 9.17) is 0 Å². The average molecular weight is 505 g/mol. The molecule has 4 aromatic heterocycles. The summed E-state index contributed by atoms with van der Waals surface area (Å²) in [5, 5.41) is 10.1. The maximum atomic E-state index is 13.1. The maximum Gasteiger partial charge on any atom is 0.272 e. The molecule has 6 rings (SSSR count). The Morgan fingerprint density at radius 1 is 1.11 bits per heavy atom. The molecule has 1 aliphatic heterocycles. The Balaban J connectivity index is 1.16. The first-order valence-electron chi connectivity index (χ1n) is 11.4. The van der Waals surface area contributed by atoms with Gasteiger partial charge in [-0.15, -0.1) is 11.3 Å².